The summed E-state index contributed by atoms with van der Waals surface area (Å²) in [5.74, 6) is 0.744. The second kappa shape index (κ2) is 5.73. The molecule has 1 fully saturated rings. The summed E-state index contributed by atoms with van der Waals surface area (Å²) in [6.45, 7) is 2.10. The number of rotatable bonds is 5. The van der Waals surface area contributed by atoms with Gasteiger partial charge in [-0.05, 0) is 31.4 Å². The fraction of sp³-hybridized carbons (Fsp3) is 0.750. The van der Waals surface area contributed by atoms with E-state index in [-0.39, 0.29) is 0 Å². The van der Waals surface area contributed by atoms with Gasteiger partial charge in [-0.1, -0.05) is 12.8 Å². The highest BCUT2D eigenvalue weighted by Crippen LogP contribution is 2.27. The van der Waals surface area contributed by atoms with Gasteiger partial charge in [-0.3, -0.25) is 4.68 Å². The summed E-state index contributed by atoms with van der Waals surface area (Å²) in [6.07, 6.45) is 2.18. The van der Waals surface area contributed by atoms with Crippen LogP contribution in [0.1, 0.15) is 31.4 Å². The van der Waals surface area contributed by atoms with Crippen LogP contribution in [0.3, 0.4) is 0 Å². The van der Waals surface area contributed by atoms with Gasteiger partial charge in [0.05, 0.1) is 6.54 Å². The second-order valence-corrected chi connectivity index (χ2v) is 4.82. The molecule has 2 rings (SSSR count). The standard InChI is InChI=1S/C12H18F3N3/c13-12(14,15)11-5-7-18(17-11)8-6-16-9-10-3-1-2-4-10/h5,7,10,16H,1-4,6,8-9H2. The fourth-order valence-corrected chi connectivity index (χ4v) is 2.35. The molecular weight excluding hydrogens is 243 g/mol. The summed E-state index contributed by atoms with van der Waals surface area (Å²) in [6, 6.07) is 1.01. The number of alkyl halides is 3. The average molecular weight is 261 g/mol. The van der Waals surface area contributed by atoms with E-state index in [1.165, 1.54) is 36.6 Å². The van der Waals surface area contributed by atoms with Gasteiger partial charge in [0.2, 0.25) is 0 Å². The summed E-state index contributed by atoms with van der Waals surface area (Å²) in [7, 11) is 0. The van der Waals surface area contributed by atoms with E-state index in [0.29, 0.717) is 13.1 Å². The van der Waals surface area contributed by atoms with Crippen LogP contribution in [0.25, 0.3) is 0 Å². The lowest BCUT2D eigenvalue weighted by Gasteiger charge is -2.10. The Morgan fingerprint density at radius 3 is 2.67 bits per heavy atom. The minimum Gasteiger partial charge on any atom is -0.315 e. The maximum Gasteiger partial charge on any atom is 0.435 e. The lowest BCUT2D eigenvalue weighted by atomic mass is 10.1. The first kappa shape index (κ1) is 13.4. The molecule has 1 aromatic heterocycles. The third-order valence-electron chi connectivity index (χ3n) is 3.36. The number of hydrogen-bond donors (Lipinski definition) is 1. The van der Waals surface area contributed by atoms with Crippen molar-refractivity contribution in [2.45, 2.75) is 38.4 Å². The molecule has 102 valence electrons. The highest BCUT2D eigenvalue weighted by atomic mass is 19.4. The monoisotopic (exact) mass is 261 g/mol. The van der Waals surface area contributed by atoms with Crippen LogP contribution in [0, 0.1) is 5.92 Å². The van der Waals surface area contributed by atoms with Crippen molar-refractivity contribution in [1.82, 2.24) is 15.1 Å². The molecule has 0 bridgehead atoms. The van der Waals surface area contributed by atoms with Crippen LogP contribution in [0.15, 0.2) is 12.3 Å². The number of nitrogens with one attached hydrogen (secondary N) is 1. The van der Waals surface area contributed by atoms with Crippen molar-refractivity contribution in [2.24, 2.45) is 5.92 Å². The molecule has 0 aliphatic heterocycles. The molecule has 0 saturated heterocycles. The highest BCUT2D eigenvalue weighted by Gasteiger charge is 2.33. The number of aromatic nitrogens is 2. The van der Waals surface area contributed by atoms with Crippen molar-refractivity contribution < 1.29 is 13.2 Å². The molecule has 1 aromatic rings. The summed E-state index contributed by atoms with van der Waals surface area (Å²) in [5.41, 5.74) is -0.821. The Labute approximate surface area is 104 Å². The van der Waals surface area contributed by atoms with Crippen molar-refractivity contribution >= 4 is 0 Å². The van der Waals surface area contributed by atoms with Gasteiger partial charge in [0.25, 0.3) is 0 Å². The maximum absolute atomic E-state index is 12.3. The summed E-state index contributed by atoms with van der Waals surface area (Å²) < 4.78 is 38.2. The van der Waals surface area contributed by atoms with Crippen molar-refractivity contribution in [3.05, 3.63) is 18.0 Å². The molecule has 1 heterocycles. The van der Waals surface area contributed by atoms with E-state index >= 15 is 0 Å². The first-order chi connectivity index (χ1) is 8.55. The van der Waals surface area contributed by atoms with Crippen LogP contribution in [0.5, 0.6) is 0 Å². The molecule has 1 aliphatic rings. The van der Waals surface area contributed by atoms with Gasteiger partial charge in [0.1, 0.15) is 0 Å². The third kappa shape index (κ3) is 3.73. The predicted octanol–water partition coefficient (Wildman–Crippen LogP) is 2.68. The lowest BCUT2D eigenvalue weighted by molar-refractivity contribution is -0.141. The van der Waals surface area contributed by atoms with E-state index in [4.69, 9.17) is 0 Å². The predicted molar refractivity (Wildman–Crippen MR) is 62.1 cm³/mol. The topological polar surface area (TPSA) is 29.9 Å². The van der Waals surface area contributed by atoms with E-state index in [1.807, 2.05) is 0 Å². The van der Waals surface area contributed by atoms with Crippen LogP contribution in [0.2, 0.25) is 0 Å². The van der Waals surface area contributed by atoms with Crippen LogP contribution in [-0.4, -0.2) is 22.9 Å². The molecule has 0 amide bonds. The number of hydrogen-bond acceptors (Lipinski definition) is 2. The largest absolute Gasteiger partial charge is 0.435 e. The van der Waals surface area contributed by atoms with Crippen LogP contribution >= 0.6 is 0 Å². The maximum atomic E-state index is 12.3. The van der Waals surface area contributed by atoms with E-state index in [2.05, 4.69) is 10.4 Å². The molecule has 1 N–H and O–H groups in total. The fourth-order valence-electron chi connectivity index (χ4n) is 2.35. The van der Waals surface area contributed by atoms with Crippen molar-refractivity contribution in [3.63, 3.8) is 0 Å². The normalized spacial score (nSPS) is 17.5. The first-order valence-corrected chi connectivity index (χ1v) is 6.37. The zero-order chi connectivity index (χ0) is 13.0. The van der Waals surface area contributed by atoms with Gasteiger partial charge in [-0.2, -0.15) is 18.3 Å². The number of halogens is 3. The van der Waals surface area contributed by atoms with Crippen LogP contribution in [-0.2, 0) is 12.7 Å². The Kier molecular flexibility index (Phi) is 4.27. The van der Waals surface area contributed by atoms with Crippen molar-refractivity contribution in [3.8, 4) is 0 Å². The Morgan fingerprint density at radius 1 is 1.33 bits per heavy atom. The quantitative estimate of drug-likeness (QED) is 0.826. The molecule has 0 unspecified atom stereocenters. The zero-order valence-electron chi connectivity index (χ0n) is 10.2. The average Bonchev–Trinajstić information content (AvgIpc) is 2.95. The van der Waals surface area contributed by atoms with E-state index in [9.17, 15) is 13.2 Å². The molecule has 3 nitrogen and oxygen atoms in total. The minimum absolute atomic E-state index is 0.475. The SMILES string of the molecule is FC(F)(F)c1ccn(CCNCC2CCCC2)n1. The van der Waals surface area contributed by atoms with Gasteiger partial charge in [0.15, 0.2) is 5.69 Å². The van der Waals surface area contributed by atoms with Gasteiger partial charge in [0, 0.05) is 12.7 Å². The van der Waals surface area contributed by atoms with Gasteiger partial charge in [-0.25, -0.2) is 0 Å². The van der Waals surface area contributed by atoms with Crippen molar-refractivity contribution in [2.75, 3.05) is 13.1 Å². The van der Waals surface area contributed by atoms with E-state index in [0.717, 1.165) is 18.5 Å². The molecule has 0 aromatic carbocycles. The zero-order valence-corrected chi connectivity index (χ0v) is 10.2. The summed E-state index contributed by atoms with van der Waals surface area (Å²) in [5, 5.41) is 6.78. The number of nitrogens with zero attached hydrogens (tertiary/aromatic N) is 2. The Hall–Kier alpha value is -1.04. The molecule has 0 radical (unpaired) electrons. The lowest BCUT2D eigenvalue weighted by Crippen LogP contribution is -2.25. The Balaban J connectivity index is 1.68. The second-order valence-electron chi connectivity index (χ2n) is 4.82. The molecule has 0 spiro atoms. The summed E-state index contributed by atoms with van der Waals surface area (Å²) >= 11 is 0. The van der Waals surface area contributed by atoms with Gasteiger partial charge in [-0.15, -0.1) is 0 Å². The Morgan fingerprint density at radius 2 is 2.06 bits per heavy atom. The molecule has 18 heavy (non-hydrogen) atoms. The van der Waals surface area contributed by atoms with Crippen molar-refractivity contribution in [1.29, 1.82) is 0 Å². The smallest absolute Gasteiger partial charge is 0.315 e. The summed E-state index contributed by atoms with van der Waals surface area (Å²) in [4.78, 5) is 0. The third-order valence-corrected chi connectivity index (χ3v) is 3.36. The highest BCUT2D eigenvalue weighted by molar-refractivity contribution is 5.03. The van der Waals surface area contributed by atoms with Crippen LogP contribution in [0.4, 0.5) is 13.2 Å². The minimum atomic E-state index is -4.34. The van der Waals surface area contributed by atoms with Gasteiger partial charge >= 0.3 is 6.18 Å². The first-order valence-electron chi connectivity index (χ1n) is 6.37. The van der Waals surface area contributed by atoms with E-state index in [1.54, 1.807) is 0 Å². The molecule has 6 heteroatoms. The van der Waals surface area contributed by atoms with Crippen LogP contribution < -0.4 is 5.32 Å². The molecule has 0 atom stereocenters. The van der Waals surface area contributed by atoms with Gasteiger partial charge < -0.3 is 5.32 Å². The molecular formula is C12H18F3N3. The molecule has 1 aliphatic carbocycles. The molecule has 1 saturated carbocycles. The Bertz CT molecular complexity index is 367. The van der Waals surface area contributed by atoms with E-state index < -0.39 is 11.9 Å².